The molecule has 1 heterocycles. The molecule has 0 radical (unpaired) electrons. The summed E-state index contributed by atoms with van der Waals surface area (Å²) in [5.74, 6) is -1.11. The molecule has 2 rings (SSSR count). The predicted molar refractivity (Wildman–Crippen MR) is 72.3 cm³/mol. The molecule has 1 amide bonds. The smallest absolute Gasteiger partial charge is 0.335 e. The van der Waals surface area contributed by atoms with Crippen molar-refractivity contribution in [3.05, 3.63) is 53.9 Å². The highest BCUT2D eigenvalue weighted by molar-refractivity contribution is 5.89. The second-order valence-corrected chi connectivity index (χ2v) is 4.27. The van der Waals surface area contributed by atoms with Gasteiger partial charge in [-0.15, -0.1) is 0 Å². The van der Waals surface area contributed by atoms with E-state index in [1.807, 2.05) is 0 Å². The summed E-state index contributed by atoms with van der Waals surface area (Å²) in [5, 5.41) is 15.7. The van der Waals surface area contributed by atoms with Crippen molar-refractivity contribution in [2.75, 3.05) is 6.54 Å². The summed E-state index contributed by atoms with van der Waals surface area (Å²) in [6, 6.07) is 8.53. The SMILES string of the molecule is O=C(Cn1cccn1)NCCc1ccccc1C(=O)O. The second-order valence-electron chi connectivity index (χ2n) is 4.27. The summed E-state index contributed by atoms with van der Waals surface area (Å²) < 4.78 is 1.53. The van der Waals surface area contributed by atoms with Crippen LogP contribution in [0.15, 0.2) is 42.7 Å². The number of hydrogen-bond donors (Lipinski definition) is 2. The minimum atomic E-state index is -0.955. The molecule has 0 saturated carbocycles. The maximum absolute atomic E-state index is 11.6. The van der Waals surface area contributed by atoms with Crippen LogP contribution < -0.4 is 5.32 Å². The third kappa shape index (κ3) is 3.68. The molecule has 0 fully saturated rings. The lowest BCUT2D eigenvalue weighted by Gasteiger charge is -2.07. The number of nitrogens with zero attached hydrogens (tertiary/aromatic N) is 2. The average molecular weight is 273 g/mol. The quantitative estimate of drug-likeness (QED) is 0.820. The van der Waals surface area contributed by atoms with E-state index >= 15 is 0 Å². The Morgan fingerprint density at radius 3 is 2.75 bits per heavy atom. The zero-order chi connectivity index (χ0) is 14.4. The van der Waals surface area contributed by atoms with Crippen molar-refractivity contribution in [2.24, 2.45) is 0 Å². The lowest BCUT2D eigenvalue weighted by atomic mass is 10.0. The molecule has 1 aromatic carbocycles. The van der Waals surface area contributed by atoms with E-state index in [1.165, 1.54) is 4.68 Å². The Morgan fingerprint density at radius 1 is 1.25 bits per heavy atom. The van der Waals surface area contributed by atoms with Crippen molar-refractivity contribution in [1.82, 2.24) is 15.1 Å². The average Bonchev–Trinajstić information content (AvgIpc) is 2.92. The zero-order valence-corrected chi connectivity index (χ0v) is 10.8. The third-order valence-corrected chi connectivity index (χ3v) is 2.83. The molecule has 6 nitrogen and oxygen atoms in total. The summed E-state index contributed by atoms with van der Waals surface area (Å²) in [4.78, 5) is 22.7. The molecule has 2 aromatic rings. The van der Waals surface area contributed by atoms with Gasteiger partial charge in [-0.2, -0.15) is 5.10 Å². The monoisotopic (exact) mass is 273 g/mol. The molecule has 104 valence electrons. The van der Waals surface area contributed by atoms with E-state index in [0.29, 0.717) is 18.5 Å². The Kier molecular flexibility index (Phi) is 4.49. The summed E-state index contributed by atoms with van der Waals surface area (Å²) in [7, 11) is 0. The van der Waals surface area contributed by atoms with Crippen molar-refractivity contribution in [2.45, 2.75) is 13.0 Å². The van der Waals surface area contributed by atoms with Crippen molar-refractivity contribution in [3.63, 3.8) is 0 Å². The minimum absolute atomic E-state index is 0.151. The first kappa shape index (κ1) is 13.8. The van der Waals surface area contributed by atoms with Crippen LogP contribution in [-0.4, -0.2) is 33.3 Å². The van der Waals surface area contributed by atoms with Gasteiger partial charge in [-0.1, -0.05) is 18.2 Å². The number of aromatic nitrogens is 2. The molecule has 20 heavy (non-hydrogen) atoms. The van der Waals surface area contributed by atoms with Gasteiger partial charge in [-0.05, 0) is 24.1 Å². The fraction of sp³-hybridized carbons (Fsp3) is 0.214. The van der Waals surface area contributed by atoms with Crippen LogP contribution in [0.4, 0.5) is 0 Å². The number of aromatic carboxylic acids is 1. The van der Waals surface area contributed by atoms with Gasteiger partial charge in [0, 0.05) is 18.9 Å². The van der Waals surface area contributed by atoms with Crippen LogP contribution in [0, 0.1) is 0 Å². The van der Waals surface area contributed by atoms with Crippen LogP contribution in [0.1, 0.15) is 15.9 Å². The van der Waals surface area contributed by atoms with Crippen LogP contribution >= 0.6 is 0 Å². The molecule has 0 aliphatic heterocycles. The molecule has 0 bridgehead atoms. The number of benzene rings is 1. The van der Waals surface area contributed by atoms with Gasteiger partial charge in [0.2, 0.25) is 5.91 Å². The number of carboxylic acid groups (broad SMARTS) is 1. The molecule has 1 aromatic heterocycles. The number of nitrogens with one attached hydrogen (secondary N) is 1. The van der Waals surface area contributed by atoms with Crippen molar-refractivity contribution >= 4 is 11.9 Å². The van der Waals surface area contributed by atoms with Gasteiger partial charge in [0.15, 0.2) is 0 Å². The molecule has 0 aliphatic rings. The Morgan fingerprint density at radius 2 is 2.05 bits per heavy atom. The third-order valence-electron chi connectivity index (χ3n) is 2.83. The molecule has 0 unspecified atom stereocenters. The highest BCUT2D eigenvalue weighted by Crippen LogP contribution is 2.08. The normalized spacial score (nSPS) is 10.2. The first-order chi connectivity index (χ1) is 9.66. The predicted octanol–water partition coefficient (Wildman–Crippen LogP) is 0.940. The number of carboxylic acids is 1. The van der Waals surface area contributed by atoms with E-state index in [1.54, 1.807) is 42.7 Å². The van der Waals surface area contributed by atoms with Gasteiger partial charge < -0.3 is 10.4 Å². The molecule has 0 spiro atoms. The maximum Gasteiger partial charge on any atom is 0.335 e. The number of amides is 1. The number of hydrogen-bond acceptors (Lipinski definition) is 3. The molecule has 0 atom stereocenters. The minimum Gasteiger partial charge on any atom is -0.478 e. The summed E-state index contributed by atoms with van der Waals surface area (Å²) in [6.45, 7) is 0.554. The van der Waals surface area contributed by atoms with Crippen LogP contribution in [-0.2, 0) is 17.8 Å². The van der Waals surface area contributed by atoms with Crippen LogP contribution in [0.25, 0.3) is 0 Å². The number of carbonyl (C=O) groups excluding carboxylic acids is 1. The summed E-state index contributed by atoms with van der Waals surface area (Å²) in [6.07, 6.45) is 3.79. The maximum atomic E-state index is 11.6. The Hall–Kier alpha value is -2.63. The van der Waals surface area contributed by atoms with Crippen molar-refractivity contribution in [1.29, 1.82) is 0 Å². The van der Waals surface area contributed by atoms with E-state index in [9.17, 15) is 9.59 Å². The van der Waals surface area contributed by atoms with E-state index in [-0.39, 0.29) is 18.0 Å². The van der Waals surface area contributed by atoms with E-state index in [0.717, 1.165) is 0 Å². The molecule has 0 saturated heterocycles. The van der Waals surface area contributed by atoms with E-state index in [4.69, 9.17) is 5.11 Å². The first-order valence-electron chi connectivity index (χ1n) is 6.22. The second kappa shape index (κ2) is 6.51. The highest BCUT2D eigenvalue weighted by Gasteiger charge is 2.09. The largest absolute Gasteiger partial charge is 0.478 e. The standard InChI is InChI=1S/C14H15N3O3/c18-13(10-17-9-3-7-16-17)15-8-6-11-4-1-2-5-12(11)14(19)20/h1-5,7,9H,6,8,10H2,(H,15,18)(H,19,20). The molecular formula is C14H15N3O3. The number of rotatable bonds is 6. The fourth-order valence-corrected chi connectivity index (χ4v) is 1.88. The van der Waals surface area contributed by atoms with Crippen molar-refractivity contribution in [3.8, 4) is 0 Å². The Balaban J connectivity index is 1.84. The summed E-state index contributed by atoms with van der Waals surface area (Å²) in [5.41, 5.74) is 0.980. The zero-order valence-electron chi connectivity index (χ0n) is 10.8. The van der Waals surface area contributed by atoms with Gasteiger partial charge in [0.1, 0.15) is 6.54 Å². The van der Waals surface area contributed by atoms with Crippen LogP contribution in [0.3, 0.4) is 0 Å². The highest BCUT2D eigenvalue weighted by atomic mass is 16.4. The molecule has 6 heteroatoms. The van der Waals surface area contributed by atoms with Gasteiger partial charge in [0.25, 0.3) is 0 Å². The number of carbonyl (C=O) groups is 2. The molecule has 0 aliphatic carbocycles. The fourth-order valence-electron chi connectivity index (χ4n) is 1.88. The van der Waals surface area contributed by atoms with Crippen molar-refractivity contribution < 1.29 is 14.7 Å². The van der Waals surface area contributed by atoms with Gasteiger partial charge in [-0.25, -0.2) is 4.79 Å². The van der Waals surface area contributed by atoms with Crippen LogP contribution in [0.2, 0.25) is 0 Å². The van der Waals surface area contributed by atoms with Gasteiger partial charge >= 0.3 is 5.97 Å². The molecule has 2 N–H and O–H groups in total. The Bertz CT molecular complexity index is 593. The van der Waals surface area contributed by atoms with Crippen LogP contribution in [0.5, 0.6) is 0 Å². The van der Waals surface area contributed by atoms with E-state index < -0.39 is 5.97 Å². The Labute approximate surface area is 116 Å². The molecular weight excluding hydrogens is 258 g/mol. The summed E-state index contributed by atoms with van der Waals surface area (Å²) >= 11 is 0. The lowest BCUT2D eigenvalue weighted by molar-refractivity contribution is -0.121. The van der Waals surface area contributed by atoms with Gasteiger partial charge in [0.05, 0.1) is 5.56 Å². The van der Waals surface area contributed by atoms with E-state index in [2.05, 4.69) is 10.4 Å². The topological polar surface area (TPSA) is 84.2 Å². The lowest BCUT2D eigenvalue weighted by Crippen LogP contribution is -2.29. The van der Waals surface area contributed by atoms with Gasteiger partial charge in [-0.3, -0.25) is 9.48 Å². The first-order valence-corrected chi connectivity index (χ1v) is 6.22.